The van der Waals surface area contributed by atoms with Gasteiger partial charge in [-0.25, -0.2) is 4.79 Å². The zero-order chi connectivity index (χ0) is 21.6. The van der Waals surface area contributed by atoms with Crippen molar-refractivity contribution < 1.29 is 15.3 Å². The van der Waals surface area contributed by atoms with E-state index in [0.717, 1.165) is 44.2 Å². The Morgan fingerprint density at radius 1 is 1.23 bits per heavy atom. The molecule has 0 fully saturated rings. The molecule has 4 aromatic rings. The zero-order valence-corrected chi connectivity index (χ0v) is 18.4. The number of aromatic nitrogens is 4. The monoisotopic (exact) mass is 424 g/mol. The zero-order valence-electron chi connectivity index (χ0n) is 18.4. The van der Waals surface area contributed by atoms with Crippen LogP contribution < -0.4 is 5.69 Å². The first kappa shape index (κ1) is 22.6. The summed E-state index contributed by atoms with van der Waals surface area (Å²) in [6.45, 7) is 5.50. The Kier molecular flexibility index (Phi) is 6.00. The Hall–Kier alpha value is -3.07. The van der Waals surface area contributed by atoms with Crippen LogP contribution in [-0.4, -0.2) is 43.3 Å². The van der Waals surface area contributed by atoms with Gasteiger partial charge in [0.05, 0.1) is 34.5 Å². The molecule has 4 rings (SSSR count). The Bertz CT molecular complexity index is 1300. The second-order valence-corrected chi connectivity index (χ2v) is 8.31. The number of imidazole rings is 1. The van der Waals surface area contributed by atoms with Gasteiger partial charge < -0.3 is 20.3 Å². The van der Waals surface area contributed by atoms with Crippen molar-refractivity contribution in [3.8, 4) is 11.1 Å². The number of rotatable bonds is 5. The molecule has 0 aliphatic heterocycles. The summed E-state index contributed by atoms with van der Waals surface area (Å²) >= 11 is 0. The number of fused-ring (bicyclic) bond motifs is 3. The Labute approximate surface area is 179 Å². The Morgan fingerprint density at radius 2 is 1.97 bits per heavy atom. The number of nitrogens with zero attached hydrogens (tertiary/aromatic N) is 3. The summed E-state index contributed by atoms with van der Waals surface area (Å²) in [6, 6.07) is 6.04. The summed E-state index contributed by atoms with van der Waals surface area (Å²) in [4.78, 5) is 24.1. The molecular formula is C23H28N4O4. The predicted molar refractivity (Wildman–Crippen MR) is 121 cm³/mol. The predicted octanol–water partition coefficient (Wildman–Crippen LogP) is 2.46. The summed E-state index contributed by atoms with van der Waals surface area (Å²) in [5, 5.41) is 11.3. The topological polar surface area (TPSA) is 125 Å². The minimum Gasteiger partial charge on any atom is -0.412 e. The van der Waals surface area contributed by atoms with Gasteiger partial charge in [0.1, 0.15) is 0 Å². The first-order valence-electron chi connectivity index (χ1n) is 9.90. The van der Waals surface area contributed by atoms with E-state index in [1.165, 1.54) is 0 Å². The molecule has 1 atom stereocenters. The van der Waals surface area contributed by atoms with Crippen LogP contribution in [0.4, 0.5) is 0 Å². The number of nitrogens with one attached hydrogen (secondary N) is 1. The lowest BCUT2D eigenvalue weighted by Gasteiger charge is -2.19. The van der Waals surface area contributed by atoms with E-state index in [4.69, 9.17) is 4.74 Å². The van der Waals surface area contributed by atoms with E-state index in [0.29, 0.717) is 6.42 Å². The highest BCUT2D eigenvalue weighted by Crippen LogP contribution is 2.33. The van der Waals surface area contributed by atoms with Crippen molar-refractivity contribution in [2.24, 2.45) is 7.05 Å². The maximum absolute atomic E-state index is 12.2. The van der Waals surface area contributed by atoms with Crippen molar-refractivity contribution in [3.63, 3.8) is 0 Å². The van der Waals surface area contributed by atoms with E-state index < -0.39 is 5.60 Å². The quantitative estimate of drug-likeness (QED) is 0.509. The first-order valence-corrected chi connectivity index (χ1v) is 9.90. The summed E-state index contributed by atoms with van der Waals surface area (Å²) in [6.07, 6.45) is 5.90. The average molecular weight is 425 g/mol. The largest absolute Gasteiger partial charge is 0.412 e. The fourth-order valence-corrected chi connectivity index (χ4v) is 3.71. The number of H-pyrrole nitrogens is 1. The van der Waals surface area contributed by atoms with E-state index in [9.17, 15) is 9.90 Å². The summed E-state index contributed by atoms with van der Waals surface area (Å²) in [7, 11) is 3.42. The fourth-order valence-electron chi connectivity index (χ4n) is 3.71. The van der Waals surface area contributed by atoms with Gasteiger partial charge in [-0.2, -0.15) is 0 Å². The van der Waals surface area contributed by atoms with Crippen LogP contribution in [0.15, 0.2) is 41.6 Å². The third-order valence-electron chi connectivity index (χ3n) is 5.64. The summed E-state index contributed by atoms with van der Waals surface area (Å²) < 4.78 is 7.05. The van der Waals surface area contributed by atoms with Gasteiger partial charge in [0.15, 0.2) is 0 Å². The normalized spacial score (nSPS) is 12.8. The molecule has 3 heterocycles. The van der Waals surface area contributed by atoms with Gasteiger partial charge in [-0.1, -0.05) is 0 Å². The van der Waals surface area contributed by atoms with E-state index in [-0.39, 0.29) is 17.3 Å². The number of aliphatic hydroxyl groups is 1. The number of benzene rings is 1. The number of aromatic amines is 1. The molecule has 0 saturated heterocycles. The van der Waals surface area contributed by atoms with Crippen LogP contribution in [0.5, 0.6) is 0 Å². The van der Waals surface area contributed by atoms with Gasteiger partial charge in [0.25, 0.3) is 0 Å². The number of aryl methyl sites for hydroxylation is 1. The fraction of sp³-hybridized carbons (Fsp3) is 0.348. The number of pyridine rings is 2. The van der Waals surface area contributed by atoms with Gasteiger partial charge in [0, 0.05) is 43.1 Å². The molecule has 0 radical (unpaired) electrons. The maximum atomic E-state index is 12.2. The van der Waals surface area contributed by atoms with Crippen LogP contribution in [-0.2, 0) is 23.8 Å². The number of hydrogen-bond donors (Lipinski definition) is 2. The maximum Gasteiger partial charge on any atom is 0.326 e. The van der Waals surface area contributed by atoms with Crippen LogP contribution in [0.3, 0.4) is 0 Å². The average Bonchev–Trinajstić information content (AvgIpc) is 3.01. The lowest BCUT2D eigenvalue weighted by Crippen LogP contribution is -2.16. The third kappa shape index (κ3) is 4.10. The van der Waals surface area contributed by atoms with Crippen molar-refractivity contribution in [2.45, 2.75) is 38.9 Å². The molecule has 31 heavy (non-hydrogen) atoms. The van der Waals surface area contributed by atoms with E-state index in [2.05, 4.69) is 15.0 Å². The van der Waals surface area contributed by atoms with Gasteiger partial charge in [0.2, 0.25) is 0 Å². The molecule has 0 aliphatic rings. The molecule has 0 aliphatic carbocycles. The smallest absolute Gasteiger partial charge is 0.326 e. The van der Waals surface area contributed by atoms with Crippen LogP contribution in [0.25, 0.3) is 33.1 Å². The lowest BCUT2D eigenvalue weighted by molar-refractivity contribution is 0.0783. The SMILES string of the molecule is CO[C@@H](C)Cc1cc2ncc3c([nH]c(=O)n3C)c2cc1-c1cncc(C(C)(C)O)c1.O. The van der Waals surface area contributed by atoms with Crippen molar-refractivity contribution in [3.05, 3.63) is 58.4 Å². The Morgan fingerprint density at radius 3 is 2.65 bits per heavy atom. The van der Waals surface area contributed by atoms with Crippen molar-refractivity contribution in [1.29, 1.82) is 0 Å². The second-order valence-electron chi connectivity index (χ2n) is 8.31. The third-order valence-corrected chi connectivity index (χ3v) is 5.64. The molecule has 0 saturated carbocycles. The number of hydrogen-bond acceptors (Lipinski definition) is 5. The standard InChI is InChI=1S/C23H26N4O3.H2O/c1-13(30-5)6-14-8-19-18(21-20(12-25-19)27(4)22(28)26-21)9-17(14)15-7-16(11-24-10-15)23(2,3)29;/h7-13,29H,6H2,1-5H3,(H,26,28);1H2/t13-;/m0./s1. The van der Waals surface area contributed by atoms with Gasteiger partial charge in [-0.15, -0.1) is 0 Å². The number of methoxy groups -OCH3 is 1. The van der Waals surface area contributed by atoms with E-state index in [1.54, 1.807) is 51.2 Å². The van der Waals surface area contributed by atoms with E-state index >= 15 is 0 Å². The molecule has 0 spiro atoms. The Balaban J connectivity index is 0.00000272. The van der Waals surface area contributed by atoms with Crippen LogP contribution in [0, 0.1) is 0 Å². The minimum atomic E-state index is -1.00. The van der Waals surface area contributed by atoms with E-state index in [1.807, 2.05) is 25.1 Å². The molecule has 8 nitrogen and oxygen atoms in total. The van der Waals surface area contributed by atoms with Gasteiger partial charge >= 0.3 is 5.69 Å². The highest BCUT2D eigenvalue weighted by Gasteiger charge is 2.19. The molecule has 3 aromatic heterocycles. The van der Waals surface area contributed by atoms with Crippen molar-refractivity contribution in [1.82, 2.24) is 19.5 Å². The molecule has 1 aromatic carbocycles. The summed E-state index contributed by atoms with van der Waals surface area (Å²) in [5.74, 6) is 0. The molecule has 164 valence electrons. The second kappa shape index (κ2) is 8.22. The van der Waals surface area contributed by atoms with Crippen LogP contribution >= 0.6 is 0 Å². The molecule has 4 N–H and O–H groups in total. The van der Waals surface area contributed by atoms with Gasteiger partial charge in [-0.3, -0.25) is 14.5 Å². The first-order chi connectivity index (χ1) is 14.2. The van der Waals surface area contributed by atoms with Crippen molar-refractivity contribution >= 4 is 21.9 Å². The van der Waals surface area contributed by atoms with Crippen LogP contribution in [0.1, 0.15) is 31.9 Å². The molecule has 0 bridgehead atoms. The van der Waals surface area contributed by atoms with Crippen molar-refractivity contribution in [2.75, 3.05) is 7.11 Å². The highest BCUT2D eigenvalue weighted by atomic mass is 16.5. The summed E-state index contributed by atoms with van der Waals surface area (Å²) in [5.41, 5.74) is 4.80. The molecule has 8 heteroatoms. The molecule has 0 amide bonds. The highest BCUT2D eigenvalue weighted by molar-refractivity contribution is 6.04. The van der Waals surface area contributed by atoms with Gasteiger partial charge in [-0.05, 0) is 56.5 Å². The molecular weight excluding hydrogens is 396 g/mol. The minimum absolute atomic E-state index is 0. The van der Waals surface area contributed by atoms with Crippen LogP contribution in [0.2, 0.25) is 0 Å². The molecule has 0 unspecified atom stereocenters. The lowest BCUT2D eigenvalue weighted by atomic mass is 9.92. The number of ether oxygens (including phenoxy) is 1.